The Labute approximate surface area is 115 Å². The molecule has 2 rings (SSSR count). The molecule has 0 aliphatic carbocycles. The Morgan fingerprint density at radius 2 is 1.68 bits per heavy atom. The van der Waals surface area contributed by atoms with Gasteiger partial charge in [0.1, 0.15) is 0 Å². The van der Waals surface area contributed by atoms with Crippen molar-refractivity contribution in [3.05, 3.63) is 42.0 Å². The van der Waals surface area contributed by atoms with Gasteiger partial charge in [0.25, 0.3) is 0 Å². The van der Waals surface area contributed by atoms with Crippen LogP contribution in [0.15, 0.2) is 30.7 Å². The van der Waals surface area contributed by atoms with Crippen LogP contribution in [0.25, 0.3) is 5.69 Å². The first kappa shape index (κ1) is 13.8. The highest BCUT2D eigenvalue weighted by Crippen LogP contribution is 2.30. The fourth-order valence-corrected chi connectivity index (χ4v) is 2.03. The summed E-state index contributed by atoms with van der Waals surface area (Å²) in [5, 5.41) is 4.36. The summed E-state index contributed by atoms with van der Waals surface area (Å²) in [4.78, 5) is 4.71. The van der Waals surface area contributed by atoms with Gasteiger partial charge in [-0.3, -0.25) is 4.98 Å². The van der Waals surface area contributed by atoms with Crippen molar-refractivity contribution in [2.45, 2.75) is 52.4 Å². The first-order chi connectivity index (χ1) is 8.69. The van der Waals surface area contributed by atoms with E-state index < -0.39 is 0 Å². The number of nitrogens with zero attached hydrogens (tertiary/aromatic N) is 3. The molecule has 0 fully saturated rings. The zero-order chi connectivity index (χ0) is 14.3. The Hall–Kier alpha value is -1.64. The van der Waals surface area contributed by atoms with Crippen LogP contribution >= 0.6 is 0 Å². The normalized spacial score (nSPS) is 12.7. The van der Waals surface area contributed by atoms with Crippen LogP contribution in [0, 0.1) is 0 Å². The van der Waals surface area contributed by atoms with Gasteiger partial charge < -0.3 is 0 Å². The minimum Gasteiger partial charge on any atom is -0.258 e. The highest BCUT2D eigenvalue weighted by Gasteiger charge is 2.24. The molecule has 0 aliphatic heterocycles. The van der Waals surface area contributed by atoms with Gasteiger partial charge in [0, 0.05) is 24.0 Å². The molecular formula is C16H23N3. The van der Waals surface area contributed by atoms with Gasteiger partial charge in [0.2, 0.25) is 0 Å². The molecular weight excluding hydrogens is 234 g/mol. The average molecular weight is 257 g/mol. The van der Waals surface area contributed by atoms with Crippen LogP contribution in [-0.4, -0.2) is 14.8 Å². The van der Waals surface area contributed by atoms with Gasteiger partial charge in [-0.25, -0.2) is 4.68 Å². The summed E-state index contributed by atoms with van der Waals surface area (Å²) in [7, 11) is 0. The smallest absolute Gasteiger partial charge is 0.0869 e. The van der Waals surface area contributed by atoms with Crippen LogP contribution in [0.4, 0.5) is 0 Å². The largest absolute Gasteiger partial charge is 0.258 e. The third kappa shape index (κ3) is 2.86. The lowest BCUT2D eigenvalue weighted by Gasteiger charge is -2.25. The standard InChI is InChI=1S/C16H23N3/c1-15(2,3)12-10-13(19-9-7-8-18-19)14(17-11-12)16(4,5)6/h7-11H,1-6H3. The SMILES string of the molecule is CC(C)(C)c1cnc(C(C)(C)C)c(-n2cccn2)c1. The fraction of sp³-hybridized carbons (Fsp3) is 0.500. The Morgan fingerprint density at radius 3 is 2.16 bits per heavy atom. The molecule has 0 atom stereocenters. The molecule has 2 heterocycles. The third-order valence-electron chi connectivity index (χ3n) is 3.20. The Kier molecular flexibility index (Phi) is 3.25. The van der Waals surface area contributed by atoms with Crippen molar-refractivity contribution >= 4 is 0 Å². The highest BCUT2D eigenvalue weighted by atomic mass is 15.3. The van der Waals surface area contributed by atoms with E-state index in [-0.39, 0.29) is 10.8 Å². The summed E-state index contributed by atoms with van der Waals surface area (Å²) in [6.07, 6.45) is 5.77. The average Bonchev–Trinajstić information content (AvgIpc) is 2.79. The van der Waals surface area contributed by atoms with Crippen LogP contribution in [0.1, 0.15) is 52.8 Å². The van der Waals surface area contributed by atoms with Crippen molar-refractivity contribution in [1.29, 1.82) is 0 Å². The zero-order valence-electron chi connectivity index (χ0n) is 12.7. The molecule has 0 saturated carbocycles. The van der Waals surface area contributed by atoms with E-state index in [1.54, 1.807) is 6.20 Å². The molecule has 0 radical (unpaired) electrons. The Balaban J connectivity index is 2.65. The van der Waals surface area contributed by atoms with Crippen LogP contribution in [0.2, 0.25) is 0 Å². The fourth-order valence-electron chi connectivity index (χ4n) is 2.03. The Bertz CT molecular complexity index is 555. The zero-order valence-corrected chi connectivity index (χ0v) is 12.7. The van der Waals surface area contributed by atoms with Gasteiger partial charge in [0.05, 0.1) is 11.4 Å². The predicted octanol–water partition coefficient (Wildman–Crippen LogP) is 3.86. The van der Waals surface area contributed by atoms with Crippen molar-refractivity contribution in [2.75, 3.05) is 0 Å². The van der Waals surface area contributed by atoms with Crippen molar-refractivity contribution in [1.82, 2.24) is 14.8 Å². The van der Waals surface area contributed by atoms with Gasteiger partial charge >= 0.3 is 0 Å². The van der Waals surface area contributed by atoms with E-state index >= 15 is 0 Å². The molecule has 0 aliphatic rings. The second-order valence-corrected chi connectivity index (χ2v) is 7.04. The van der Waals surface area contributed by atoms with Gasteiger partial charge in [-0.15, -0.1) is 0 Å². The van der Waals surface area contributed by atoms with E-state index in [1.165, 1.54) is 5.56 Å². The molecule has 3 heteroatoms. The quantitative estimate of drug-likeness (QED) is 0.776. The van der Waals surface area contributed by atoms with E-state index in [0.717, 1.165) is 11.4 Å². The van der Waals surface area contributed by atoms with Gasteiger partial charge in [-0.2, -0.15) is 5.10 Å². The first-order valence-corrected chi connectivity index (χ1v) is 6.70. The lowest BCUT2D eigenvalue weighted by Crippen LogP contribution is -2.20. The summed E-state index contributed by atoms with van der Waals surface area (Å²) in [5.74, 6) is 0. The van der Waals surface area contributed by atoms with Crippen LogP contribution in [0.3, 0.4) is 0 Å². The van der Waals surface area contributed by atoms with E-state index in [2.05, 4.69) is 52.7 Å². The van der Waals surface area contributed by atoms with Gasteiger partial charge in [-0.1, -0.05) is 41.5 Å². The van der Waals surface area contributed by atoms with Crippen LogP contribution in [-0.2, 0) is 10.8 Å². The lowest BCUT2D eigenvalue weighted by atomic mass is 9.85. The molecule has 0 saturated heterocycles. The monoisotopic (exact) mass is 257 g/mol. The third-order valence-corrected chi connectivity index (χ3v) is 3.20. The minimum atomic E-state index is -0.00228. The molecule has 0 spiro atoms. The number of aromatic nitrogens is 3. The lowest BCUT2D eigenvalue weighted by molar-refractivity contribution is 0.549. The van der Waals surface area contributed by atoms with E-state index in [4.69, 9.17) is 4.98 Å². The summed E-state index contributed by atoms with van der Waals surface area (Å²) >= 11 is 0. The van der Waals surface area contributed by atoms with Crippen LogP contribution in [0.5, 0.6) is 0 Å². The maximum atomic E-state index is 4.71. The van der Waals surface area contributed by atoms with Crippen molar-refractivity contribution in [3.63, 3.8) is 0 Å². The number of pyridine rings is 1. The summed E-state index contributed by atoms with van der Waals surface area (Å²) in [6.45, 7) is 13.1. The molecule has 2 aromatic heterocycles. The number of hydrogen-bond acceptors (Lipinski definition) is 2. The topological polar surface area (TPSA) is 30.7 Å². The maximum absolute atomic E-state index is 4.71. The van der Waals surface area contributed by atoms with E-state index in [0.29, 0.717) is 0 Å². The summed E-state index contributed by atoms with van der Waals surface area (Å²) < 4.78 is 1.91. The second kappa shape index (κ2) is 4.48. The molecule has 19 heavy (non-hydrogen) atoms. The molecule has 0 N–H and O–H groups in total. The minimum absolute atomic E-state index is 0.00228. The first-order valence-electron chi connectivity index (χ1n) is 6.70. The molecule has 102 valence electrons. The van der Waals surface area contributed by atoms with Crippen molar-refractivity contribution < 1.29 is 0 Å². The number of rotatable bonds is 1. The molecule has 0 unspecified atom stereocenters. The van der Waals surface area contributed by atoms with E-state index in [1.807, 2.05) is 23.1 Å². The molecule has 0 aromatic carbocycles. The van der Waals surface area contributed by atoms with Gasteiger partial charge in [0.15, 0.2) is 0 Å². The Morgan fingerprint density at radius 1 is 1.00 bits per heavy atom. The summed E-state index contributed by atoms with van der Waals surface area (Å²) in [6, 6.07) is 4.15. The molecule has 3 nitrogen and oxygen atoms in total. The van der Waals surface area contributed by atoms with E-state index in [9.17, 15) is 0 Å². The summed E-state index contributed by atoms with van der Waals surface area (Å²) in [5.41, 5.74) is 3.46. The van der Waals surface area contributed by atoms with Crippen molar-refractivity contribution in [3.8, 4) is 5.69 Å². The van der Waals surface area contributed by atoms with Crippen LogP contribution < -0.4 is 0 Å². The molecule has 0 bridgehead atoms. The van der Waals surface area contributed by atoms with Gasteiger partial charge in [-0.05, 0) is 23.1 Å². The second-order valence-electron chi connectivity index (χ2n) is 7.04. The maximum Gasteiger partial charge on any atom is 0.0869 e. The predicted molar refractivity (Wildman–Crippen MR) is 78.8 cm³/mol. The highest BCUT2D eigenvalue weighted by molar-refractivity contribution is 5.43. The molecule has 2 aromatic rings. The molecule has 0 amide bonds. The van der Waals surface area contributed by atoms with Crippen molar-refractivity contribution in [2.24, 2.45) is 0 Å². The number of hydrogen-bond donors (Lipinski definition) is 0.